The molecule has 0 fully saturated rings. The first-order valence-electron chi connectivity index (χ1n) is 9.52. The van der Waals surface area contributed by atoms with E-state index in [1.807, 2.05) is 53.5 Å². The standard InChI is InChI=1S/C23H18N6O/c30-23(26-19-8-10-24-11-9-19)22-20-12-17(6-7-21(20)27-28-22)18-13-25-29(15-18)14-16-4-2-1-3-5-16/h1-13,15H,14H2,(H,27,28)(H,24,26,30). The van der Waals surface area contributed by atoms with Gasteiger partial charge in [-0.15, -0.1) is 0 Å². The topological polar surface area (TPSA) is 88.5 Å². The normalized spacial score (nSPS) is 10.9. The number of benzene rings is 2. The molecular weight excluding hydrogens is 376 g/mol. The number of fused-ring (bicyclic) bond motifs is 1. The van der Waals surface area contributed by atoms with Crippen LogP contribution in [0.4, 0.5) is 5.69 Å². The molecule has 3 aromatic heterocycles. The van der Waals surface area contributed by atoms with Crippen molar-refractivity contribution in [1.29, 1.82) is 0 Å². The van der Waals surface area contributed by atoms with Crippen LogP contribution in [0.2, 0.25) is 0 Å². The smallest absolute Gasteiger partial charge is 0.276 e. The van der Waals surface area contributed by atoms with E-state index < -0.39 is 0 Å². The van der Waals surface area contributed by atoms with Crippen molar-refractivity contribution >= 4 is 22.5 Å². The molecule has 0 aliphatic carbocycles. The minimum atomic E-state index is -0.274. The Morgan fingerprint density at radius 3 is 2.67 bits per heavy atom. The lowest BCUT2D eigenvalue weighted by Crippen LogP contribution is -2.12. The van der Waals surface area contributed by atoms with Gasteiger partial charge in [0.05, 0.1) is 18.3 Å². The van der Waals surface area contributed by atoms with E-state index in [2.05, 4.69) is 37.7 Å². The molecule has 3 heterocycles. The summed E-state index contributed by atoms with van der Waals surface area (Å²) in [7, 11) is 0. The minimum absolute atomic E-state index is 0.274. The van der Waals surface area contributed by atoms with Crippen molar-refractivity contribution in [1.82, 2.24) is 25.0 Å². The van der Waals surface area contributed by atoms with Crippen molar-refractivity contribution in [2.24, 2.45) is 0 Å². The van der Waals surface area contributed by atoms with Crippen molar-refractivity contribution in [2.45, 2.75) is 6.54 Å². The van der Waals surface area contributed by atoms with Gasteiger partial charge in [-0.05, 0) is 35.4 Å². The molecule has 0 atom stereocenters. The lowest BCUT2D eigenvalue weighted by Gasteiger charge is -2.03. The zero-order valence-electron chi connectivity index (χ0n) is 16.0. The van der Waals surface area contributed by atoms with E-state index in [9.17, 15) is 4.79 Å². The molecule has 5 aromatic rings. The summed E-state index contributed by atoms with van der Waals surface area (Å²) < 4.78 is 1.90. The van der Waals surface area contributed by atoms with Gasteiger partial charge in [-0.25, -0.2) is 0 Å². The number of anilines is 1. The monoisotopic (exact) mass is 394 g/mol. The summed E-state index contributed by atoms with van der Waals surface area (Å²) in [6.07, 6.45) is 7.10. The Morgan fingerprint density at radius 2 is 1.83 bits per heavy atom. The zero-order valence-corrected chi connectivity index (χ0v) is 16.0. The number of aromatic nitrogens is 5. The molecule has 2 N–H and O–H groups in total. The predicted octanol–water partition coefficient (Wildman–Crippen LogP) is 4.12. The summed E-state index contributed by atoms with van der Waals surface area (Å²) in [5, 5.41) is 15.2. The number of carbonyl (C=O) groups excluding carboxylic acids is 1. The highest BCUT2D eigenvalue weighted by molar-refractivity contribution is 6.11. The van der Waals surface area contributed by atoms with E-state index in [1.54, 1.807) is 24.5 Å². The Morgan fingerprint density at radius 1 is 1.00 bits per heavy atom. The molecule has 0 radical (unpaired) electrons. The first-order valence-corrected chi connectivity index (χ1v) is 9.52. The average Bonchev–Trinajstić information content (AvgIpc) is 3.42. The average molecular weight is 394 g/mol. The maximum Gasteiger partial charge on any atom is 0.276 e. The van der Waals surface area contributed by atoms with Crippen LogP contribution in [0.1, 0.15) is 16.1 Å². The van der Waals surface area contributed by atoms with E-state index in [-0.39, 0.29) is 5.91 Å². The summed E-state index contributed by atoms with van der Waals surface area (Å²) in [6.45, 7) is 0.703. The Labute approximate surface area is 172 Å². The van der Waals surface area contributed by atoms with E-state index in [1.165, 1.54) is 5.56 Å². The number of hydrogen-bond donors (Lipinski definition) is 2. The molecule has 30 heavy (non-hydrogen) atoms. The second kappa shape index (κ2) is 7.63. The second-order valence-corrected chi connectivity index (χ2v) is 6.93. The van der Waals surface area contributed by atoms with E-state index in [0.717, 1.165) is 22.0 Å². The first kappa shape index (κ1) is 17.8. The van der Waals surface area contributed by atoms with Crippen LogP contribution in [0, 0.1) is 0 Å². The Bertz CT molecular complexity index is 1310. The first-order chi connectivity index (χ1) is 14.8. The fourth-order valence-corrected chi connectivity index (χ4v) is 3.36. The van der Waals surface area contributed by atoms with Gasteiger partial charge in [0.25, 0.3) is 5.91 Å². The van der Waals surface area contributed by atoms with Crippen molar-refractivity contribution in [3.05, 3.63) is 96.7 Å². The molecule has 1 amide bonds. The van der Waals surface area contributed by atoms with Crippen LogP contribution in [-0.2, 0) is 6.54 Å². The largest absolute Gasteiger partial charge is 0.320 e. The third-order valence-electron chi connectivity index (χ3n) is 4.87. The van der Waals surface area contributed by atoms with Gasteiger partial charge < -0.3 is 5.32 Å². The summed E-state index contributed by atoms with van der Waals surface area (Å²) in [5.74, 6) is -0.274. The molecule has 0 aliphatic rings. The maximum atomic E-state index is 12.7. The van der Waals surface area contributed by atoms with E-state index >= 15 is 0 Å². The fraction of sp³-hybridized carbons (Fsp3) is 0.0435. The van der Waals surface area contributed by atoms with Crippen molar-refractivity contribution in [2.75, 3.05) is 5.32 Å². The van der Waals surface area contributed by atoms with Crippen LogP contribution in [-0.4, -0.2) is 30.9 Å². The van der Waals surface area contributed by atoms with Gasteiger partial charge in [-0.1, -0.05) is 36.4 Å². The number of rotatable bonds is 5. The van der Waals surface area contributed by atoms with Gasteiger partial charge in [0.2, 0.25) is 0 Å². The number of hydrogen-bond acceptors (Lipinski definition) is 4. The highest BCUT2D eigenvalue weighted by atomic mass is 16.1. The molecule has 0 saturated carbocycles. The Balaban J connectivity index is 1.42. The lowest BCUT2D eigenvalue weighted by atomic mass is 10.1. The number of carbonyl (C=O) groups is 1. The van der Waals surface area contributed by atoms with Crippen molar-refractivity contribution in [3.63, 3.8) is 0 Å². The van der Waals surface area contributed by atoms with Crippen LogP contribution in [0.5, 0.6) is 0 Å². The molecule has 146 valence electrons. The predicted molar refractivity (Wildman–Crippen MR) is 115 cm³/mol. The number of H-pyrrole nitrogens is 1. The van der Waals surface area contributed by atoms with E-state index in [4.69, 9.17) is 0 Å². The van der Waals surface area contributed by atoms with Crippen molar-refractivity contribution in [3.8, 4) is 11.1 Å². The molecule has 0 unspecified atom stereocenters. The van der Waals surface area contributed by atoms with Gasteiger partial charge in [0, 0.05) is 35.2 Å². The Hall–Kier alpha value is -4.26. The zero-order chi connectivity index (χ0) is 20.3. The van der Waals surface area contributed by atoms with Crippen LogP contribution < -0.4 is 5.32 Å². The number of amides is 1. The highest BCUT2D eigenvalue weighted by Crippen LogP contribution is 2.26. The third-order valence-corrected chi connectivity index (χ3v) is 4.87. The maximum absolute atomic E-state index is 12.7. The van der Waals surface area contributed by atoms with Crippen LogP contribution >= 0.6 is 0 Å². The molecule has 2 aromatic carbocycles. The van der Waals surface area contributed by atoms with Crippen LogP contribution in [0.15, 0.2) is 85.5 Å². The van der Waals surface area contributed by atoms with Crippen LogP contribution in [0.3, 0.4) is 0 Å². The number of aromatic amines is 1. The molecule has 0 aliphatic heterocycles. The Kier molecular flexibility index (Phi) is 4.53. The van der Waals surface area contributed by atoms with Gasteiger partial charge >= 0.3 is 0 Å². The molecule has 0 saturated heterocycles. The summed E-state index contributed by atoms with van der Waals surface area (Å²) in [5.41, 5.74) is 4.96. The third kappa shape index (κ3) is 3.56. The second-order valence-electron chi connectivity index (χ2n) is 6.93. The number of pyridine rings is 1. The number of nitrogens with zero attached hydrogens (tertiary/aromatic N) is 4. The molecular formula is C23H18N6O. The van der Waals surface area contributed by atoms with Crippen LogP contribution in [0.25, 0.3) is 22.0 Å². The lowest BCUT2D eigenvalue weighted by molar-refractivity contribution is 0.102. The van der Waals surface area contributed by atoms with Gasteiger partial charge in [-0.3, -0.25) is 19.6 Å². The molecule has 7 nitrogen and oxygen atoms in total. The molecule has 5 rings (SSSR count). The van der Waals surface area contributed by atoms with E-state index in [0.29, 0.717) is 17.9 Å². The SMILES string of the molecule is O=C(Nc1ccncc1)c1n[nH]c2ccc(-c3cnn(Cc4ccccc4)c3)cc12. The summed E-state index contributed by atoms with van der Waals surface area (Å²) in [4.78, 5) is 16.7. The molecule has 0 spiro atoms. The van der Waals surface area contributed by atoms with Gasteiger partial charge in [0.1, 0.15) is 0 Å². The van der Waals surface area contributed by atoms with Gasteiger partial charge in [-0.2, -0.15) is 10.2 Å². The minimum Gasteiger partial charge on any atom is -0.320 e. The molecule has 0 bridgehead atoms. The fourth-order valence-electron chi connectivity index (χ4n) is 3.36. The molecule has 7 heteroatoms. The van der Waals surface area contributed by atoms with Gasteiger partial charge in [0.15, 0.2) is 5.69 Å². The summed E-state index contributed by atoms with van der Waals surface area (Å²) >= 11 is 0. The number of nitrogens with one attached hydrogen (secondary N) is 2. The highest BCUT2D eigenvalue weighted by Gasteiger charge is 2.15. The summed E-state index contributed by atoms with van der Waals surface area (Å²) in [6, 6.07) is 19.5. The quantitative estimate of drug-likeness (QED) is 0.469. The van der Waals surface area contributed by atoms with Crippen molar-refractivity contribution < 1.29 is 4.79 Å².